The minimum absolute atomic E-state index is 0.524. The number of halogens is 2. The molecule has 1 nitrogen and oxygen atoms in total. The van der Waals surface area contributed by atoms with E-state index < -0.39 is 5.60 Å². The maximum atomic E-state index is 10.3. The van der Waals surface area contributed by atoms with E-state index >= 15 is 0 Å². The molecule has 1 N–H and O–H groups in total. The molecule has 0 heterocycles. The Hall–Kier alpha value is -1.46. The van der Waals surface area contributed by atoms with E-state index in [0.717, 1.165) is 5.56 Å². The first kappa shape index (κ1) is 14.0. The van der Waals surface area contributed by atoms with Gasteiger partial charge >= 0.3 is 0 Å². The SMILES string of the molecule is CC(O)(C#Cc1cc(Cl)cc(Cl)c1)c1ccccc1. The Morgan fingerprint density at radius 2 is 1.58 bits per heavy atom. The van der Waals surface area contributed by atoms with Crippen LogP contribution < -0.4 is 0 Å². The molecule has 0 aliphatic carbocycles. The number of rotatable bonds is 1. The van der Waals surface area contributed by atoms with Gasteiger partial charge in [-0.2, -0.15) is 0 Å². The lowest BCUT2D eigenvalue weighted by Gasteiger charge is -2.16. The lowest BCUT2D eigenvalue weighted by Crippen LogP contribution is -2.18. The third-order valence-electron chi connectivity index (χ3n) is 2.65. The average Bonchev–Trinajstić information content (AvgIpc) is 2.37. The van der Waals surface area contributed by atoms with E-state index in [1.165, 1.54) is 0 Å². The topological polar surface area (TPSA) is 20.2 Å². The van der Waals surface area contributed by atoms with E-state index in [-0.39, 0.29) is 0 Å². The lowest BCUT2D eigenvalue weighted by molar-refractivity contribution is 0.122. The Kier molecular flexibility index (Phi) is 4.17. The minimum atomic E-state index is -1.21. The molecule has 0 aliphatic heterocycles. The van der Waals surface area contributed by atoms with Crippen molar-refractivity contribution in [3.05, 3.63) is 69.7 Å². The highest BCUT2D eigenvalue weighted by Crippen LogP contribution is 2.21. The third kappa shape index (κ3) is 3.75. The normalized spacial score (nSPS) is 13.3. The summed E-state index contributed by atoms with van der Waals surface area (Å²) in [4.78, 5) is 0. The van der Waals surface area contributed by atoms with Gasteiger partial charge in [-0.1, -0.05) is 65.4 Å². The van der Waals surface area contributed by atoms with Crippen LogP contribution in [0.25, 0.3) is 0 Å². The first-order valence-corrected chi connectivity index (χ1v) is 6.50. The van der Waals surface area contributed by atoms with Crippen LogP contribution in [-0.4, -0.2) is 5.11 Å². The maximum Gasteiger partial charge on any atom is 0.148 e. The van der Waals surface area contributed by atoms with Crippen molar-refractivity contribution in [2.45, 2.75) is 12.5 Å². The van der Waals surface area contributed by atoms with Gasteiger partial charge < -0.3 is 5.11 Å². The molecular formula is C16H12Cl2O. The molecule has 3 heteroatoms. The fourth-order valence-corrected chi connectivity index (χ4v) is 2.18. The second kappa shape index (κ2) is 5.67. The second-order valence-corrected chi connectivity index (χ2v) is 5.22. The first-order chi connectivity index (χ1) is 8.97. The van der Waals surface area contributed by atoms with E-state index in [2.05, 4.69) is 11.8 Å². The molecule has 1 atom stereocenters. The molecular weight excluding hydrogens is 279 g/mol. The second-order valence-electron chi connectivity index (χ2n) is 4.35. The van der Waals surface area contributed by atoms with Gasteiger partial charge in [-0.05, 0) is 30.7 Å². The summed E-state index contributed by atoms with van der Waals surface area (Å²) in [6.07, 6.45) is 0. The molecule has 0 radical (unpaired) electrons. The van der Waals surface area contributed by atoms with Crippen LogP contribution in [0.1, 0.15) is 18.1 Å². The van der Waals surface area contributed by atoms with Gasteiger partial charge in [-0.15, -0.1) is 0 Å². The molecule has 0 spiro atoms. The monoisotopic (exact) mass is 290 g/mol. The van der Waals surface area contributed by atoms with E-state index in [9.17, 15) is 5.11 Å². The van der Waals surface area contributed by atoms with Gasteiger partial charge in [0.2, 0.25) is 0 Å². The zero-order valence-corrected chi connectivity index (χ0v) is 11.8. The molecule has 0 aliphatic rings. The molecule has 2 rings (SSSR count). The maximum absolute atomic E-state index is 10.3. The van der Waals surface area contributed by atoms with Crippen LogP contribution >= 0.6 is 23.2 Å². The van der Waals surface area contributed by atoms with Crippen LogP contribution in [0, 0.1) is 11.8 Å². The Bertz CT molecular complexity index is 617. The molecule has 96 valence electrons. The number of aliphatic hydroxyl groups is 1. The molecule has 0 saturated heterocycles. The van der Waals surface area contributed by atoms with Gasteiger partial charge in [0.1, 0.15) is 5.60 Å². The molecule has 0 saturated carbocycles. The highest BCUT2D eigenvalue weighted by molar-refractivity contribution is 6.34. The quantitative estimate of drug-likeness (QED) is 0.779. The van der Waals surface area contributed by atoms with Crippen molar-refractivity contribution in [3.8, 4) is 11.8 Å². The van der Waals surface area contributed by atoms with E-state index in [1.807, 2.05) is 30.3 Å². The predicted molar refractivity (Wildman–Crippen MR) is 79.4 cm³/mol. The Morgan fingerprint density at radius 3 is 2.16 bits per heavy atom. The van der Waals surface area contributed by atoms with Gasteiger partial charge in [0, 0.05) is 15.6 Å². The van der Waals surface area contributed by atoms with E-state index in [0.29, 0.717) is 15.6 Å². The summed E-state index contributed by atoms with van der Waals surface area (Å²) >= 11 is 11.8. The molecule has 1 unspecified atom stereocenters. The van der Waals surface area contributed by atoms with Crippen LogP contribution in [0.4, 0.5) is 0 Å². The van der Waals surface area contributed by atoms with Crippen molar-refractivity contribution in [1.29, 1.82) is 0 Å². The predicted octanol–water partition coefficient (Wildman–Crippen LogP) is 4.25. The first-order valence-electron chi connectivity index (χ1n) is 5.74. The zero-order chi connectivity index (χ0) is 13.9. The van der Waals surface area contributed by atoms with E-state index in [1.54, 1.807) is 25.1 Å². The summed E-state index contributed by atoms with van der Waals surface area (Å²) in [7, 11) is 0. The molecule has 19 heavy (non-hydrogen) atoms. The largest absolute Gasteiger partial charge is 0.374 e. The number of hydrogen-bond donors (Lipinski definition) is 1. The van der Waals surface area contributed by atoms with Gasteiger partial charge in [0.15, 0.2) is 0 Å². The van der Waals surface area contributed by atoms with Crippen LogP contribution in [0.2, 0.25) is 10.0 Å². The molecule has 0 fully saturated rings. The summed E-state index contributed by atoms with van der Waals surface area (Å²) in [5.41, 5.74) is 0.208. The van der Waals surface area contributed by atoms with Crippen molar-refractivity contribution in [3.63, 3.8) is 0 Å². The van der Waals surface area contributed by atoms with Gasteiger partial charge in [0.25, 0.3) is 0 Å². The summed E-state index contributed by atoms with van der Waals surface area (Å²) in [6, 6.07) is 14.3. The smallest absolute Gasteiger partial charge is 0.148 e. The Morgan fingerprint density at radius 1 is 1.00 bits per heavy atom. The van der Waals surface area contributed by atoms with Crippen LogP contribution in [-0.2, 0) is 5.60 Å². The molecule has 0 aromatic heterocycles. The molecule has 0 bridgehead atoms. The van der Waals surface area contributed by atoms with Crippen molar-refractivity contribution in [2.75, 3.05) is 0 Å². The fourth-order valence-electron chi connectivity index (χ4n) is 1.65. The average molecular weight is 291 g/mol. The van der Waals surface area contributed by atoms with Crippen molar-refractivity contribution in [1.82, 2.24) is 0 Å². The molecule has 2 aromatic carbocycles. The minimum Gasteiger partial charge on any atom is -0.374 e. The lowest BCUT2D eigenvalue weighted by atomic mass is 9.96. The standard InChI is InChI=1S/C16H12Cl2O/c1-16(19,13-5-3-2-4-6-13)8-7-12-9-14(17)11-15(18)10-12/h2-6,9-11,19H,1H3. The summed E-state index contributed by atoms with van der Waals surface area (Å²) < 4.78 is 0. The Balaban J connectivity index is 2.33. The van der Waals surface area contributed by atoms with Gasteiger partial charge in [-0.25, -0.2) is 0 Å². The number of hydrogen-bond acceptors (Lipinski definition) is 1. The van der Waals surface area contributed by atoms with Crippen LogP contribution in [0.5, 0.6) is 0 Å². The zero-order valence-electron chi connectivity index (χ0n) is 10.3. The van der Waals surface area contributed by atoms with Crippen LogP contribution in [0.3, 0.4) is 0 Å². The fraction of sp³-hybridized carbons (Fsp3) is 0.125. The summed E-state index contributed by atoms with van der Waals surface area (Å²) in [5, 5.41) is 11.4. The van der Waals surface area contributed by atoms with Crippen molar-refractivity contribution in [2.24, 2.45) is 0 Å². The van der Waals surface area contributed by atoms with E-state index in [4.69, 9.17) is 23.2 Å². The van der Waals surface area contributed by atoms with Gasteiger partial charge in [-0.3, -0.25) is 0 Å². The van der Waals surface area contributed by atoms with Crippen LogP contribution in [0.15, 0.2) is 48.5 Å². The number of benzene rings is 2. The highest BCUT2D eigenvalue weighted by Gasteiger charge is 2.19. The molecule has 2 aromatic rings. The summed E-state index contributed by atoms with van der Waals surface area (Å²) in [5.74, 6) is 5.73. The van der Waals surface area contributed by atoms with Crippen molar-refractivity contribution >= 4 is 23.2 Å². The molecule has 0 amide bonds. The third-order valence-corrected chi connectivity index (χ3v) is 3.09. The summed E-state index contributed by atoms with van der Waals surface area (Å²) in [6.45, 7) is 1.65. The van der Waals surface area contributed by atoms with Crippen molar-refractivity contribution < 1.29 is 5.11 Å². The van der Waals surface area contributed by atoms with Gasteiger partial charge in [0.05, 0.1) is 0 Å². The highest BCUT2D eigenvalue weighted by atomic mass is 35.5. The Labute approximate surface area is 122 Å².